The van der Waals surface area contributed by atoms with Gasteiger partial charge in [-0.2, -0.15) is 0 Å². The zero-order chi connectivity index (χ0) is 12.7. The molecule has 3 heterocycles. The van der Waals surface area contributed by atoms with Gasteiger partial charge in [0.25, 0.3) is 0 Å². The number of benzene rings is 1. The van der Waals surface area contributed by atoms with Crippen LogP contribution < -0.4 is 0 Å². The fourth-order valence-electron chi connectivity index (χ4n) is 2.48. The van der Waals surface area contributed by atoms with Crippen molar-refractivity contribution in [2.75, 3.05) is 12.4 Å². The van der Waals surface area contributed by atoms with Gasteiger partial charge in [0.2, 0.25) is 5.78 Å². The Kier molecular flexibility index (Phi) is 2.70. The minimum absolute atomic E-state index is 0.367. The van der Waals surface area contributed by atoms with Crippen LogP contribution in [0.2, 0.25) is 0 Å². The molecule has 1 aliphatic rings. The van der Waals surface area contributed by atoms with Crippen molar-refractivity contribution in [1.29, 1.82) is 0 Å². The van der Waals surface area contributed by atoms with Crippen molar-refractivity contribution in [3.63, 3.8) is 0 Å². The van der Waals surface area contributed by atoms with Gasteiger partial charge in [-0.3, -0.25) is 4.40 Å². The average Bonchev–Trinajstić information content (AvgIpc) is 3.13. The highest BCUT2D eigenvalue weighted by Crippen LogP contribution is 2.25. The summed E-state index contributed by atoms with van der Waals surface area (Å²) in [4.78, 5) is 4.52. The Balaban J connectivity index is 1.68. The second-order valence-corrected chi connectivity index (χ2v) is 5.70. The van der Waals surface area contributed by atoms with Crippen LogP contribution in [0.3, 0.4) is 0 Å². The minimum atomic E-state index is 0.367. The quantitative estimate of drug-likeness (QED) is 0.745. The molecule has 0 amide bonds. The number of H-pyrrole nitrogens is 1. The molecule has 1 saturated heterocycles. The van der Waals surface area contributed by atoms with Crippen LogP contribution in [0.1, 0.15) is 12.8 Å². The Morgan fingerprint density at radius 2 is 2.37 bits per heavy atom. The van der Waals surface area contributed by atoms with Crippen LogP contribution >= 0.6 is 11.8 Å². The molecule has 1 aromatic carbocycles. The predicted octanol–water partition coefficient (Wildman–Crippen LogP) is 2.48. The van der Waals surface area contributed by atoms with E-state index in [4.69, 9.17) is 4.74 Å². The van der Waals surface area contributed by atoms with Crippen molar-refractivity contribution in [2.24, 2.45) is 0 Å². The molecule has 1 atom stereocenters. The molecule has 5 nitrogen and oxygen atoms in total. The number of aromatic nitrogens is 4. The first kappa shape index (κ1) is 11.3. The lowest BCUT2D eigenvalue weighted by molar-refractivity contribution is 0.129. The lowest BCUT2D eigenvalue weighted by atomic mass is 10.3. The number of nitrogens with zero attached hydrogens (tertiary/aromatic N) is 3. The van der Waals surface area contributed by atoms with E-state index in [0.717, 1.165) is 40.7 Å². The number of imidazole rings is 1. The number of nitrogens with one attached hydrogen (secondary N) is 1. The molecule has 6 heteroatoms. The smallest absolute Gasteiger partial charge is 0.231 e. The number of hydrogen-bond acceptors (Lipinski definition) is 4. The van der Waals surface area contributed by atoms with Gasteiger partial charge in [0, 0.05) is 12.4 Å². The molecule has 4 rings (SSSR count). The van der Waals surface area contributed by atoms with Crippen LogP contribution in [-0.4, -0.2) is 38.0 Å². The van der Waals surface area contributed by atoms with Gasteiger partial charge in [0.1, 0.15) is 0 Å². The minimum Gasteiger partial charge on any atom is -0.377 e. The van der Waals surface area contributed by atoms with E-state index in [1.54, 1.807) is 11.8 Å². The van der Waals surface area contributed by atoms with Crippen molar-refractivity contribution in [3.8, 4) is 0 Å². The number of ether oxygens (including phenoxy) is 1. The maximum atomic E-state index is 5.65. The first-order chi connectivity index (χ1) is 9.42. The highest BCUT2D eigenvalue weighted by Gasteiger charge is 2.18. The van der Waals surface area contributed by atoms with E-state index in [1.807, 2.05) is 18.2 Å². The predicted molar refractivity (Wildman–Crippen MR) is 74.5 cm³/mol. The molecule has 98 valence electrons. The number of hydrogen-bond donors (Lipinski definition) is 1. The van der Waals surface area contributed by atoms with Gasteiger partial charge in [-0.25, -0.2) is 10.1 Å². The Bertz CT molecular complexity index is 714. The molecule has 0 radical (unpaired) electrons. The van der Waals surface area contributed by atoms with E-state index in [-0.39, 0.29) is 0 Å². The van der Waals surface area contributed by atoms with Gasteiger partial charge in [-0.1, -0.05) is 23.9 Å². The maximum absolute atomic E-state index is 5.65. The highest BCUT2D eigenvalue weighted by molar-refractivity contribution is 7.99. The van der Waals surface area contributed by atoms with Crippen LogP contribution in [0.25, 0.3) is 16.8 Å². The van der Waals surface area contributed by atoms with Crippen molar-refractivity contribution in [3.05, 3.63) is 24.3 Å². The number of aromatic amines is 1. The molecule has 19 heavy (non-hydrogen) atoms. The molecule has 2 aromatic heterocycles. The first-order valence-corrected chi connectivity index (χ1v) is 7.46. The summed E-state index contributed by atoms with van der Waals surface area (Å²) in [6.45, 7) is 0.898. The van der Waals surface area contributed by atoms with Crippen molar-refractivity contribution in [1.82, 2.24) is 19.6 Å². The Morgan fingerprint density at radius 3 is 3.26 bits per heavy atom. The highest BCUT2D eigenvalue weighted by atomic mass is 32.2. The number of fused-ring (bicyclic) bond motifs is 3. The van der Waals surface area contributed by atoms with Crippen LogP contribution in [0.4, 0.5) is 0 Å². The van der Waals surface area contributed by atoms with E-state index in [0.29, 0.717) is 6.10 Å². The van der Waals surface area contributed by atoms with Crippen LogP contribution in [-0.2, 0) is 4.74 Å². The summed E-state index contributed by atoms with van der Waals surface area (Å²) < 4.78 is 7.73. The molecule has 1 N–H and O–H groups in total. The molecular formula is C13H14N4OS. The normalized spacial score (nSPS) is 19.7. The molecule has 1 fully saturated rings. The lowest BCUT2D eigenvalue weighted by Gasteiger charge is -2.06. The van der Waals surface area contributed by atoms with Crippen molar-refractivity contribution >= 4 is 28.6 Å². The molecule has 0 spiro atoms. The summed E-state index contributed by atoms with van der Waals surface area (Å²) in [6, 6.07) is 8.12. The molecule has 3 aromatic rings. The van der Waals surface area contributed by atoms with E-state index < -0.39 is 0 Å². The van der Waals surface area contributed by atoms with Crippen LogP contribution in [0.15, 0.2) is 29.4 Å². The van der Waals surface area contributed by atoms with Gasteiger partial charge >= 0.3 is 0 Å². The second kappa shape index (κ2) is 4.54. The van der Waals surface area contributed by atoms with E-state index in [1.165, 1.54) is 6.42 Å². The topological polar surface area (TPSA) is 55.2 Å². The van der Waals surface area contributed by atoms with Crippen molar-refractivity contribution < 1.29 is 4.74 Å². The maximum Gasteiger partial charge on any atom is 0.231 e. The van der Waals surface area contributed by atoms with Crippen LogP contribution in [0, 0.1) is 0 Å². The number of rotatable bonds is 3. The zero-order valence-corrected chi connectivity index (χ0v) is 11.2. The fourth-order valence-corrected chi connectivity index (χ4v) is 3.50. The third-order valence-corrected chi connectivity index (χ3v) is 4.50. The fraction of sp³-hybridized carbons (Fsp3) is 0.385. The van der Waals surface area contributed by atoms with Gasteiger partial charge in [0.05, 0.1) is 17.1 Å². The van der Waals surface area contributed by atoms with Crippen LogP contribution in [0.5, 0.6) is 0 Å². The molecule has 1 aliphatic heterocycles. The van der Waals surface area contributed by atoms with Gasteiger partial charge in [-0.15, -0.1) is 5.10 Å². The van der Waals surface area contributed by atoms with Gasteiger partial charge < -0.3 is 4.74 Å². The van der Waals surface area contributed by atoms with Gasteiger partial charge in [0.15, 0.2) is 5.16 Å². The SMILES string of the molecule is c1ccc2c(c1)nc1[nH]nc(SCC3CCCO3)n12. The molecule has 0 bridgehead atoms. The third-order valence-electron chi connectivity index (χ3n) is 3.43. The molecule has 1 unspecified atom stereocenters. The van der Waals surface area contributed by atoms with E-state index >= 15 is 0 Å². The van der Waals surface area contributed by atoms with Crippen molar-refractivity contribution in [2.45, 2.75) is 24.1 Å². The number of thioether (sulfide) groups is 1. The summed E-state index contributed by atoms with van der Waals surface area (Å²) in [5, 5.41) is 8.30. The Morgan fingerprint density at radius 1 is 1.42 bits per heavy atom. The van der Waals surface area contributed by atoms with E-state index in [9.17, 15) is 0 Å². The summed E-state index contributed by atoms with van der Waals surface area (Å²) in [6.07, 6.45) is 2.70. The second-order valence-electron chi connectivity index (χ2n) is 4.71. The largest absolute Gasteiger partial charge is 0.377 e. The zero-order valence-electron chi connectivity index (χ0n) is 10.4. The standard InChI is InChI=1S/C13H14N4OS/c1-2-6-11-10(5-1)14-12-15-16-13(17(11)12)19-8-9-4-3-7-18-9/h1-2,5-6,9H,3-4,7-8H2,(H,14,15). The summed E-state index contributed by atoms with van der Waals surface area (Å²) in [5.41, 5.74) is 2.09. The summed E-state index contributed by atoms with van der Waals surface area (Å²) in [5.74, 6) is 1.75. The Hall–Kier alpha value is -1.53. The molecule has 0 aliphatic carbocycles. The van der Waals surface area contributed by atoms with E-state index in [2.05, 4.69) is 25.6 Å². The molecular weight excluding hydrogens is 260 g/mol. The Labute approximate surface area is 114 Å². The number of para-hydroxylation sites is 2. The third kappa shape index (κ3) is 1.91. The first-order valence-electron chi connectivity index (χ1n) is 6.48. The summed E-state index contributed by atoms with van der Waals surface area (Å²) >= 11 is 1.73. The monoisotopic (exact) mass is 274 g/mol. The van der Waals surface area contributed by atoms with Gasteiger partial charge in [-0.05, 0) is 25.0 Å². The average molecular weight is 274 g/mol. The lowest BCUT2D eigenvalue weighted by Crippen LogP contribution is -2.08. The summed E-state index contributed by atoms with van der Waals surface area (Å²) in [7, 11) is 0. The molecule has 0 saturated carbocycles.